The van der Waals surface area contributed by atoms with Crippen molar-refractivity contribution in [1.29, 1.82) is 5.26 Å². The van der Waals surface area contributed by atoms with Crippen molar-refractivity contribution in [3.05, 3.63) is 95.1 Å². The molecular weight excluding hydrogens is 446 g/mol. The maximum atomic E-state index is 13.6. The number of nitriles is 1. The van der Waals surface area contributed by atoms with Crippen LogP contribution in [0.15, 0.2) is 77.7 Å². The molecule has 0 radical (unpaired) electrons. The van der Waals surface area contributed by atoms with Gasteiger partial charge >= 0.3 is 0 Å². The number of nitrogens with zero attached hydrogens (tertiary/aromatic N) is 2. The second-order valence-corrected chi connectivity index (χ2v) is 10.8. The lowest BCUT2D eigenvalue weighted by atomic mass is 9.98. The Morgan fingerprint density at radius 3 is 2.32 bits per heavy atom. The molecule has 0 atom stereocenters. The van der Waals surface area contributed by atoms with Gasteiger partial charge in [0.15, 0.2) is 0 Å². The van der Waals surface area contributed by atoms with Gasteiger partial charge in [0.1, 0.15) is 0 Å². The number of benzene rings is 3. The van der Waals surface area contributed by atoms with Gasteiger partial charge in [-0.1, -0.05) is 54.6 Å². The average Bonchev–Trinajstić information content (AvgIpc) is 3.62. The number of carbonyl (C=O) groups excluding carboxylic acids is 1. The molecule has 0 heterocycles. The summed E-state index contributed by atoms with van der Waals surface area (Å²) in [6.45, 7) is 3.35. The van der Waals surface area contributed by atoms with Crippen molar-refractivity contribution >= 4 is 21.6 Å². The molecule has 3 aromatic rings. The van der Waals surface area contributed by atoms with E-state index >= 15 is 0 Å². The highest BCUT2D eigenvalue weighted by Crippen LogP contribution is 2.47. The number of anilines is 1. The summed E-state index contributed by atoms with van der Waals surface area (Å²) in [5.74, 6) is -0.431. The van der Waals surface area contributed by atoms with Crippen LogP contribution in [-0.4, -0.2) is 25.2 Å². The summed E-state index contributed by atoms with van der Waals surface area (Å²) < 4.78 is 28.4. The SMILES string of the molecule is Cc1ccc(C)c(S(=O)(=O)N(CC(=O)Nc2ccc(C3(C#N)CC3)cc2)Cc2ccccc2)c1. The first-order valence-corrected chi connectivity index (χ1v) is 12.6. The van der Waals surface area contributed by atoms with E-state index in [-0.39, 0.29) is 18.0 Å². The molecule has 1 amide bonds. The molecule has 0 spiro atoms. The van der Waals surface area contributed by atoms with E-state index in [1.54, 1.807) is 31.2 Å². The largest absolute Gasteiger partial charge is 0.325 e. The monoisotopic (exact) mass is 473 g/mol. The quantitative estimate of drug-likeness (QED) is 0.514. The molecule has 1 saturated carbocycles. The fraction of sp³-hybridized carbons (Fsp3) is 0.259. The number of hydrogen-bond acceptors (Lipinski definition) is 4. The van der Waals surface area contributed by atoms with Gasteiger partial charge in [-0.05, 0) is 67.1 Å². The number of hydrogen-bond donors (Lipinski definition) is 1. The zero-order valence-corrected chi connectivity index (χ0v) is 20.1. The normalized spacial score (nSPS) is 14.4. The maximum Gasteiger partial charge on any atom is 0.244 e. The third kappa shape index (κ3) is 5.04. The van der Waals surface area contributed by atoms with Crippen LogP contribution < -0.4 is 5.32 Å². The van der Waals surface area contributed by atoms with E-state index in [0.29, 0.717) is 11.3 Å². The van der Waals surface area contributed by atoms with Crippen LogP contribution in [0, 0.1) is 25.2 Å². The molecule has 1 N–H and O–H groups in total. The standard InChI is InChI=1S/C27H27N3O3S/c1-20-8-9-21(2)25(16-20)34(32,33)30(17-22-6-4-3-5-7-22)18-26(31)29-24-12-10-23(11-13-24)27(19-28)14-15-27/h3-13,16H,14-15,17-18H2,1-2H3,(H,29,31). The van der Waals surface area contributed by atoms with Crippen molar-refractivity contribution in [3.8, 4) is 6.07 Å². The number of rotatable bonds is 8. The number of carbonyl (C=O) groups is 1. The van der Waals surface area contributed by atoms with Crippen LogP contribution in [0.3, 0.4) is 0 Å². The molecule has 6 nitrogen and oxygen atoms in total. The Hall–Kier alpha value is -3.47. The fourth-order valence-electron chi connectivity index (χ4n) is 3.96. The molecule has 0 saturated heterocycles. The lowest BCUT2D eigenvalue weighted by Crippen LogP contribution is -2.38. The number of sulfonamides is 1. The van der Waals surface area contributed by atoms with Crippen molar-refractivity contribution in [2.75, 3.05) is 11.9 Å². The molecule has 0 bridgehead atoms. The first-order valence-electron chi connectivity index (χ1n) is 11.2. The second kappa shape index (κ2) is 9.41. The van der Waals surface area contributed by atoms with Crippen LogP contribution in [0.5, 0.6) is 0 Å². The Kier molecular flexibility index (Phi) is 6.56. The van der Waals surface area contributed by atoms with E-state index in [0.717, 1.165) is 29.5 Å². The molecule has 0 aliphatic heterocycles. The molecule has 174 valence electrons. The van der Waals surface area contributed by atoms with Gasteiger partial charge in [0.05, 0.1) is 22.9 Å². The van der Waals surface area contributed by atoms with Crippen LogP contribution >= 0.6 is 0 Å². The fourth-order valence-corrected chi connectivity index (χ4v) is 5.65. The molecule has 0 unspecified atom stereocenters. The van der Waals surface area contributed by atoms with Gasteiger partial charge in [0.2, 0.25) is 15.9 Å². The Labute approximate surface area is 200 Å². The summed E-state index contributed by atoms with van der Waals surface area (Å²) in [6.07, 6.45) is 1.69. The minimum Gasteiger partial charge on any atom is -0.325 e. The first-order chi connectivity index (χ1) is 16.2. The maximum absolute atomic E-state index is 13.6. The lowest BCUT2D eigenvalue weighted by molar-refractivity contribution is -0.116. The molecule has 3 aromatic carbocycles. The third-order valence-corrected chi connectivity index (χ3v) is 8.10. The highest BCUT2D eigenvalue weighted by molar-refractivity contribution is 7.89. The topological polar surface area (TPSA) is 90.3 Å². The minimum atomic E-state index is -3.92. The number of amides is 1. The highest BCUT2D eigenvalue weighted by atomic mass is 32.2. The molecule has 7 heteroatoms. The van der Waals surface area contributed by atoms with Gasteiger partial charge < -0.3 is 5.32 Å². The Morgan fingerprint density at radius 1 is 1.03 bits per heavy atom. The van der Waals surface area contributed by atoms with E-state index in [9.17, 15) is 18.5 Å². The summed E-state index contributed by atoms with van der Waals surface area (Å²) in [6, 6.07) is 24.1. The number of aryl methyl sites for hydroxylation is 2. The van der Waals surface area contributed by atoms with Gasteiger partial charge in [0.25, 0.3) is 0 Å². The third-order valence-electron chi connectivity index (χ3n) is 6.17. The van der Waals surface area contributed by atoms with Crippen molar-refractivity contribution in [3.63, 3.8) is 0 Å². The predicted octanol–water partition coefficient (Wildman–Crippen LogP) is 4.69. The Morgan fingerprint density at radius 2 is 1.71 bits per heavy atom. The zero-order valence-electron chi connectivity index (χ0n) is 19.3. The van der Waals surface area contributed by atoms with Gasteiger partial charge in [-0.25, -0.2) is 8.42 Å². The van der Waals surface area contributed by atoms with Crippen molar-refractivity contribution < 1.29 is 13.2 Å². The summed E-state index contributed by atoms with van der Waals surface area (Å²) >= 11 is 0. The van der Waals surface area contributed by atoms with Crippen LogP contribution in [0.1, 0.15) is 35.1 Å². The predicted molar refractivity (Wildman–Crippen MR) is 132 cm³/mol. The van der Waals surface area contributed by atoms with Gasteiger partial charge in [-0.15, -0.1) is 0 Å². The second-order valence-electron chi connectivity index (χ2n) is 8.85. The van der Waals surface area contributed by atoms with Crippen LogP contribution in [-0.2, 0) is 26.8 Å². The molecule has 34 heavy (non-hydrogen) atoms. The van der Waals surface area contributed by atoms with Crippen molar-refractivity contribution in [2.24, 2.45) is 0 Å². The van der Waals surface area contributed by atoms with Crippen LogP contribution in [0.2, 0.25) is 0 Å². The van der Waals surface area contributed by atoms with Crippen LogP contribution in [0.4, 0.5) is 5.69 Å². The summed E-state index contributed by atoms with van der Waals surface area (Å²) in [5, 5.41) is 12.2. The molecule has 1 aliphatic rings. The summed E-state index contributed by atoms with van der Waals surface area (Å²) in [7, 11) is -3.92. The lowest BCUT2D eigenvalue weighted by Gasteiger charge is -2.23. The van der Waals surface area contributed by atoms with Crippen molar-refractivity contribution in [1.82, 2.24) is 4.31 Å². The molecule has 1 aliphatic carbocycles. The first kappa shape index (κ1) is 23.7. The average molecular weight is 474 g/mol. The zero-order chi connectivity index (χ0) is 24.3. The van der Waals surface area contributed by atoms with E-state index in [1.165, 1.54) is 4.31 Å². The molecular formula is C27H27N3O3S. The van der Waals surface area contributed by atoms with Gasteiger partial charge in [-0.2, -0.15) is 9.57 Å². The van der Waals surface area contributed by atoms with E-state index in [1.807, 2.05) is 55.5 Å². The number of nitrogens with one attached hydrogen (secondary N) is 1. The van der Waals surface area contributed by atoms with Crippen LogP contribution in [0.25, 0.3) is 0 Å². The van der Waals surface area contributed by atoms with Crippen molar-refractivity contribution in [2.45, 2.75) is 43.5 Å². The highest BCUT2D eigenvalue weighted by Gasteiger charge is 2.44. The summed E-state index contributed by atoms with van der Waals surface area (Å²) in [5.41, 5.74) is 3.36. The van der Waals surface area contributed by atoms with E-state index < -0.39 is 21.3 Å². The molecule has 4 rings (SSSR count). The van der Waals surface area contributed by atoms with Gasteiger partial charge in [0, 0.05) is 12.2 Å². The van der Waals surface area contributed by atoms with E-state index in [4.69, 9.17) is 0 Å². The molecule has 1 fully saturated rings. The summed E-state index contributed by atoms with van der Waals surface area (Å²) in [4.78, 5) is 13.1. The Bertz CT molecular complexity index is 1340. The molecule has 0 aromatic heterocycles. The van der Waals surface area contributed by atoms with E-state index in [2.05, 4.69) is 11.4 Å². The Balaban J connectivity index is 1.56. The smallest absolute Gasteiger partial charge is 0.244 e. The minimum absolute atomic E-state index is 0.0770. The van der Waals surface area contributed by atoms with Gasteiger partial charge in [-0.3, -0.25) is 4.79 Å².